The largest absolute Gasteiger partial charge is 0.383 e. The second-order valence-corrected chi connectivity index (χ2v) is 11.0. The SMILES string of the molecule is CN(C)/C=C/C(=C(/C#N)[P+](C)(c1ccccc1)c1ccccc1)N1CCCC1. The lowest BCUT2D eigenvalue weighted by atomic mass is 10.3. The third kappa shape index (κ3) is 4.13. The zero-order valence-corrected chi connectivity index (χ0v) is 17.9. The molecule has 28 heavy (non-hydrogen) atoms. The highest BCUT2D eigenvalue weighted by Crippen LogP contribution is 2.61. The van der Waals surface area contributed by atoms with Crippen LogP contribution in [0.3, 0.4) is 0 Å². The van der Waals surface area contributed by atoms with Crippen molar-refractivity contribution in [1.29, 1.82) is 5.26 Å². The first-order chi connectivity index (χ1) is 13.6. The highest BCUT2D eigenvalue weighted by molar-refractivity contribution is 7.92. The van der Waals surface area contributed by atoms with E-state index in [0.717, 1.165) is 24.1 Å². The normalized spacial score (nSPS) is 15.4. The number of nitrogens with zero attached hydrogens (tertiary/aromatic N) is 3. The van der Waals surface area contributed by atoms with Gasteiger partial charge in [-0.2, -0.15) is 5.26 Å². The maximum Gasteiger partial charge on any atom is 0.203 e. The van der Waals surface area contributed by atoms with Crippen LogP contribution in [0.2, 0.25) is 0 Å². The number of nitriles is 1. The molecular weight excluding hydrogens is 361 g/mol. The second kappa shape index (κ2) is 9.09. The first-order valence-electron chi connectivity index (χ1n) is 9.79. The Balaban J connectivity index is 2.28. The molecule has 2 aromatic rings. The van der Waals surface area contributed by atoms with Gasteiger partial charge in [0.15, 0.2) is 0 Å². The van der Waals surface area contributed by atoms with Crippen LogP contribution >= 0.6 is 7.26 Å². The van der Waals surface area contributed by atoms with Gasteiger partial charge in [0, 0.05) is 33.4 Å². The van der Waals surface area contributed by atoms with Gasteiger partial charge in [-0.15, -0.1) is 0 Å². The van der Waals surface area contributed by atoms with Crippen molar-refractivity contribution in [3.8, 4) is 6.07 Å². The Morgan fingerprint density at radius 1 is 0.964 bits per heavy atom. The van der Waals surface area contributed by atoms with Crippen LogP contribution in [0.5, 0.6) is 0 Å². The molecule has 1 saturated heterocycles. The molecule has 3 rings (SSSR count). The summed E-state index contributed by atoms with van der Waals surface area (Å²) in [7, 11) is 2.00. The summed E-state index contributed by atoms with van der Waals surface area (Å²) < 4.78 is 0. The van der Waals surface area contributed by atoms with Gasteiger partial charge < -0.3 is 9.80 Å². The molecule has 0 N–H and O–H groups in total. The molecule has 1 aliphatic heterocycles. The number of allylic oxidation sites excluding steroid dienone is 2. The number of rotatable bonds is 6. The molecule has 0 atom stereocenters. The van der Waals surface area contributed by atoms with Gasteiger partial charge in [-0.05, 0) is 43.2 Å². The Bertz CT molecular complexity index is 834. The summed E-state index contributed by atoms with van der Waals surface area (Å²) in [5.74, 6) is 0. The van der Waals surface area contributed by atoms with Crippen LogP contribution in [0.15, 0.2) is 84.0 Å². The van der Waals surface area contributed by atoms with Gasteiger partial charge in [0.05, 0.1) is 12.4 Å². The summed E-state index contributed by atoms with van der Waals surface area (Å²) >= 11 is 0. The molecule has 0 amide bonds. The van der Waals surface area contributed by atoms with Crippen LogP contribution in [-0.4, -0.2) is 43.6 Å². The van der Waals surface area contributed by atoms with E-state index < -0.39 is 7.26 Å². The first kappa shape index (κ1) is 20.2. The first-order valence-corrected chi connectivity index (χ1v) is 12.0. The van der Waals surface area contributed by atoms with Gasteiger partial charge in [-0.25, -0.2) is 0 Å². The molecule has 0 radical (unpaired) electrons. The molecule has 0 spiro atoms. The highest BCUT2D eigenvalue weighted by atomic mass is 31.2. The minimum absolute atomic E-state index is 0.907. The molecule has 0 bridgehead atoms. The molecule has 1 heterocycles. The maximum absolute atomic E-state index is 10.4. The molecular formula is C24H29N3P+. The molecule has 1 aliphatic rings. The fourth-order valence-corrected chi connectivity index (χ4v) is 6.98. The number of benzene rings is 2. The number of likely N-dealkylation sites (tertiary alicyclic amines) is 1. The number of hydrogen-bond donors (Lipinski definition) is 0. The Labute approximate surface area is 169 Å². The lowest BCUT2D eigenvalue weighted by molar-refractivity contribution is 0.437. The molecule has 0 aromatic heterocycles. The van der Waals surface area contributed by atoms with Gasteiger partial charge in [0.2, 0.25) is 5.31 Å². The van der Waals surface area contributed by atoms with Gasteiger partial charge in [0.25, 0.3) is 0 Å². The fourth-order valence-electron chi connectivity index (χ4n) is 3.76. The zero-order chi connectivity index (χ0) is 20.0. The fraction of sp³-hybridized carbons (Fsp3) is 0.292. The van der Waals surface area contributed by atoms with Crippen LogP contribution in [0.1, 0.15) is 12.8 Å². The summed E-state index contributed by atoms with van der Waals surface area (Å²) in [6, 6.07) is 23.8. The molecule has 4 heteroatoms. The lowest BCUT2D eigenvalue weighted by Gasteiger charge is -2.27. The standard InChI is InChI=1S/C24H29N3P/c1-26(2)19-16-23(27-17-10-11-18-27)24(20-25)28(3,21-12-6-4-7-13-21)22-14-8-5-9-15-22/h4-9,12-16,19H,10-11,17-18H2,1-3H3/q+1/b19-16+,24-23+. The van der Waals surface area contributed by atoms with Gasteiger partial charge in [-0.3, -0.25) is 0 Å². The smallest absolute Gasteiger partial charge is 0.203 e. The van der Waals surface area contributed by atoms with E-state index in [2.05, 4.69) is 78.4 Å². The average Bonchev–Trinajstić information content (AvgIpc) is 3.26. The molecule has 1 fully saturated rings. The van der Waals surface area contributed by atoms with Gasteiger partial charge in [-0.1, -0.05) is 36.4 Å². The molecule has 2 aromatic carbocycles. The topological polar surface area (TPSA) is 30.3 Å². The number of hydrogen-bond acceptors (Lipinski definition) is 3. The third-order valence-corrected chi connectivity index (χ3v) is 9.20. The summed E-state index contributed by atoms with van der Waals surface area (Å²) in [5, 5.41) is 13.8. The lowest BCUT2D eigenvalue weighted by Crippen LogP contribution is -2.27. The summed E-state index contributed by atoms with van der Waals surface area (Å²) in [4.78, 5) is 4.43. The minimum atomic E-state index is -2.05. The minimum Gasteiger partial charge on any atom is -0.383 e. The van der Waals surface area contributed by atoms with Gasteiger partial charge in [0.1, 0.15) is 23.9 Å². The Morgan fingerprint density at radius 3 is 1.89 bits per heavy atom. The van der Waals surface area contributed by atoms with E-state index >= 15 is 0 Å². The van der Waals surface area contributed by atoms with Gasteiger partial charge >= 0.3 is 0 Å². The maximum atomic E-state index is 10.4. The Hall–Kier alpha value is -2.56. The molecule has 144 valence electrons. The van der Waals surface area contributed by atoms with Crippen molar-refractivity contribution < 1.29 is 0 Å². The van der Waals surface area contributed by atoms with E-state index in [4.69, 9.17) is 0 Å². The van der Waals surface area contributed by atoms with Crippen LogP contribution in [0.25, 0.3) is 0 Å². The molecule has 0 aliphatic carbocycles. The van der Waals surface area contributed by atoms with Crippen molar-refractivity contribution in [3.63, 3.8) is 0 Å². The van der Waals surface area contributed by atoms with E-state index in [1.54, 1.807) is 0 Å². The molecule has 0 saturated carbocycles. The summed E-state index contributed by atoms with van der Waals surface area (Å²) in [6.45, 7) is 4.32. The van der Waals surface area contributed by atoms with Crippen molar-refractivity contribution in [2.45, 2.75) is 12.8 Å². The van der Waals surface area contributed by atoms with E-state index in [-0.39, 0.29) is 0 Å². The molecule has 3 nitrogen and oxygen atoms in total. The third-order valence-electron chi connectivity index (χ3n) is 5.32. The van der Waals surface area contributed by atoms with E-state index in [0.29, 0.717) is 0 Å². The predicted octanol–water partition coefficient (Wildman–Crippen LogP) is 4.19. The summed E-state index contributed by atoms with van der Waals surface area (Å²) in [5.41, 5.74) is 1.08. The predicted molar refractivity (Wildman–Crippen MR) is 121 cm³/mol. The Kier molecular flexibility index (Phi) is 6.55. The molecule has 0 unspecified atom stereocenters. The van der Waals surface area contributed by atoms with Crippen molar-refractivity contribution in [1.82, 2.24) is 9.80 Å². The average molecular weight is 390 g/mol. The van der Waals surface area contributed by atoms with Crippen molar-refractivity contribution in [2.75, 3.05) is 33.8 Å². The van der Waals surface area contributed by atoms with E-state index in [1.807, 2.05) is 31.1 Å². The quantitative estimate of drug-likeness (QED) is 0.421. The second-order valence-electron chi connectivity index (χ2n) is 7.50. The van der Waals surface area contributed by atoms with Crippen LogP contribution in [0.4, 0.5) is 0 Å². The van der Waals surface area contributed by atoms with Crippen molar-refractivity contribution in [3.05, 3.63) is 84.0 Å². The van der Waals surface area contributed by atoms with Crippen molar-refractivity contribution >= 4 is 17.9 Å². The van der Waals surface area contributed by atoms with Crippen LogP contribution in [0, 0.1) is 11.3 Å². The zero-order valence-electron chi connectivity index (χ0n) is 17.0. The van der Waals surface area contributed by atoms with E-state index in [9.17, 15) is 5.26 Å². The van der Waals surface area contributed by atoms with E-state index in [1.165, 1.54) is 23.5 Å². The van der Waals surface area contributed by atoms with Crippen molar-refractivity contribution in [2.24, 2.45) is 0 Å². The Morgan fingerprint density at radius 2 is 1.46 bits per heavy atom. The van der Waals surface area contributed by atoms with Crippen LogP contribution < -0.4 is 10.6 Å². The van der Waals surface area contributed by atoms with Crippen LogP contribution in [-0.2, 0) is 0 Å². The highest BCUT2D eigenvalue weighted by Gasteiger charge is 2.45. The monoisotopic (exact) mass is 390 g/mol. The summed E-state index contributed by atoms with van der Waals surface area (Å²) in [6.07, 6.45) is 6.56.